The van der Waals surface area contributed by atoms with Gasteiger partial charge in [0.25, 0.3) is 0 Å². The van der Waals surface area contributed by atoms with E-state index in [9.17, 15) is 29.7 Å². The lowest BCUT2D eigenvalue weighted by Crippen LogP contribution is -2.57. The highest BCUT2D eigenvalue weighted by atomic mass is 16.7. The summed E-state index contributed by atoms with van der Waals surface area (Å²) in [5.41, 5.74) is 4.53. The molecule has 156 valence electrons. The number of Topliss-reactive ketones (excluding diaryl/α,β-unsaturated/α-hetero) is 1. The molecule has 27 heavy (non-hydrogen) atoms. The third-order valence-electron chi connectivity index (χ3n) is 4.18. The molecule has 0 aromatic rings. The van der Waals surface area contributed by atoms with Crippen LogP contribution in [-0.2, 0) is 23.9 Å². The molecule has 0 saturated carbocycles. The van der Waals surface area contributed by atoms with Gasteiger partial charge in [0.15, 0.2) is 6.29 Å². The number of carbonyl (C=O) groups excluding carboxylic acids is 3. The van der Waals surface area contributed by atoms with Gasteiger partial charge in [-0.25, -0.2) is 0 Å². The predicted octanol–water partition coefficient (Wildman–Crippen LogP) is -1.09. The third kappa shape index (κ3) is 8.76. The molecule has 1 aliphatic heterocycles. The molecule has 10 nitrogen and oxygen atoms in total. The van der Waals surface area contributed by atoms with Crippen molar-refractivity contribution in [2.24, 2.45) is 0 Å². The van der Waals surface area contributed by atoms with Crippen LogP contribution in [0.15, 0.2) is 0 Å². The summed E-state index contributed by atoms with van der Waals surface area (Å²) in [5, 5.41) is 29.1. The molecular weight excluding hydrogens is 360 g/mol. The monoisotopic (exact) mass is 390 g/mol. The number of ether oxygens (including phenoxy) is 2. The summed E-state index contributed by atoms with van der Waals surface area (Å²) >= 11 is 0. The Morgan fingerprint density at radius 2 is 1.52 bits per heavy atom. The minimum absolute atomic E-state index is 0.0341. The molecule has 0 aromatic carbocycles. The van der Waals surface area contributed by atoms with Gasteiger partial charge >= 0.3 is 0 Å². The van der Waals surface area contributed by atoms with Crippen LogP contribution in [0.5, 0.6) is 0 Å². The van der Waals surface area contributed by atoms with E-state index in [4.69, 9.17) is 9.47 Å². The molecule has 0 aliphatic carbocycles. The quantitative estimate of drug-likeness (QED) is 0.233. The molecule has 0 unspecified atom stereocenters. The Balaban J connectivity index is 2.07. The van der Waals surface area contributed by atoms with Crippen LogP contribution in [0.4, 0.5) is 0 Å². The first-order valence-corrected chi connectivity index (χ1v) is 9.10. The molecular formula is C17H30N2O8. The summed E-state index contributed by atoms with van der Waals surface area (Å²) in [6.07, 6.45) is -3.23. The standard InChI is InChI=1S/C17H30N2O8/c1-10(20)7-8-13(22)19-18-12(21)6-4-3-5-9-26-17-16(25)15(24)14(23)11(2)27-17/h11,14-17,23-25H,3-9H2,1-2H3,(H,18,21)(H,19,22)/t11-,14-,15+,16+,17+/m0/s1. The Morgan fingerprint density at radius 1 is 0.889 bits per heavy atom. The normalized spacial score (nSPS) is 27.8. The Morgan fingerprint density at radius 3 is 2.15 bits per heavy atom. The Kier molecular flexibility index (Phi) is 10.4. The van der Waals surface area contributed by atoms with Crippen molar-refractivity contribution in [3.05, 3.63) is 0 Å². The zero-order valence-electron chi connectivity index (χ0n) is 15.7. The number of aliphatic hydroxyl groups excluding tert-OH is 3. The Bertz CT molecular complexity index is 501. The van der Waals surface area contributed by atoms with Crippen molar-refractivity contribution < 1.29 is 39.2 Å². The van der Waals surface area contributed by atoms with E-state index < -0.39 is 36.6 Å². The zero-order valence-corrected chi connectivity index (χ0v) is 15.7. The first kappa shape index (κ1) is 23.4. The number of hydrogen-bond donors (Lipinski definition) is 5. The second-order valence-electron chi connectivity index (χ2n) is 6.66. The van der Waals surface area contributed by atoms with E-state index in [0.29, 0.717) is 19.3 Å². The predicted molar refractivity (Wildman–Crippen MR) is 93.0 cm³/mol. The van der Waals surface area contributed by atoms with E-state index in [2.05, 4.69) is 10.9 Å². The first-order chi connectivity index (χ1) is 12.7. The molecule has 0 spiro atoms. The van der Waals surface area contributed by atoms with E-state index >= 15 is 0 Å². The van der Waals surface area contributed by atoms with Crippen LogP contribution in [0.1, 0.15) is 52.4 Å². The number of amides is 2. The number of hydrazine groups is 1. The zero-order chi connectivity index (χ0) is 20.4. The van der Waals surface area contributed by atoms with Gasteiger partial charge in [0.1, 0.15) is 24.1 Å². The fourth-order valence-corrected chi connectivity index (χ4v) is 2.47. The second kappa shape index (κ2) is 12.0. The van der Waals surface area contributed by atoms with Crippen LogP contribution in [0.25, 0.3) is 0 Å². The second-order valence-corrected chi connectivity index (χ2v) is 6.66. The van der Waals surface area contributed by atoms with E-state index in [1.807, 2.05) is 0 Å². The molecule has 5 N–H and O–H groups in total. The molecule has 5 atom stereocenters. The first-order valence-electron chi connectivity index (χ1n) is 9.10. The SMILES string of the molecule is CC(=O)CCC(=O)NNC(=O)CCCCCO[C@@H]1O[C@@H](C)[C@H](O)[C@@H](O)[C@H]1O. The largest absolute Gasteiger partial charge is 0.388 e. The van der Waals surface area contributed by atoms with Crippen LogP contribution in [-0.4, -0.2) is 70.2 Å². The Hall–Kier alpha value is -1.59. The van der Waals surface area contributed by atoms with Gasteiger partial charge in [-0.1, -0.05) is 6.42 Å². The number of hydrogen-bond acceptors (Lipinski definition) is 8. The van der Waals surface area contributed by atoms with Crippen LogP contribution < -0.4 is 10.9 Å². The highest BCUT2D eigenvalue weighted by Gasteiger charge is 2.42. The number of ketones is 1. The maximum atomic E-state index is 11.6. The van der Waals surface area contributed by atoms with E-state index in [1.54, 1.807) is 6.92 Å². The molecule has 1 aliphatic rings. The Labute approximate surface area is 158 Å². The van der Waals surface area contributed by atoms with Gasteiger partial charge in [-0.15, -0.1) is 0 Å². The van der Waals surface area contributed by atoms with Crippen molar-refractivity contribution >= 4 is 17.6 Å². The molecule has 1 rings (SSSR count). The van der Waals surface area contributed by atoms with Gasteiger partial charge in [0, 0.05) is 25.9 Å². The maximum absolute atomic E-state index is 11.6. The van der Waals surface area contributed by atoms with Crippen molar-refractivity contribution in [2.45, 2.75) is 83.1 Å². The topological polar surface area (TPSA) is 154 Å². The van der Waals surface area contributed by atoms with Crippen molar-refractivity contribution in [1.29, 1.82) is 0 Å². The van der Waals surface area contributed by atoms with Crippen LogP contribution in [0, 0.1) is 0 Å². The van der Waals surface area contributed by atoms with Gasteiger partial charge in [-0.2, -0.15) is 0 Å². The van der Waals surface area contributed by atoms with Gasteiger partial charge in [-0.05, 0) is 26.7 Å². The lowest BCUT2D eigenvalue weighted by molar-refractivity contribution is -0.293. The fraction of sp³-hybridized carbons (Fsp3) is 0.824. The van der Waals surface area contributed by atoms with Crippen molar-refractivity contribution in [3.8, 4) is 0 Å². The number of unbranched alkanes of at least 4 members (excludes halogenated alkanes) is 2. The average molecular weight is 390 g/mol. The summed E-state index contributed by atoms with van der Waals surface area (Å²) < 4.78 is 10.7. The minimum atomic E-state index is -1.33. The van der Waals surface area contributed by atoms with Crippen LogP contribution in [0.2, 0.25) is 0 Å². The summed E-state index contributed by atoms with van der Waals surface area (Å²) in [4.78, 5) is 33.7. The van der Waals surface area contributed by atoms with E-state index in [0.717, 1.165) is 0 Å². The minimum Gasteiger partial charge on any atom is -0.388 e. The maximum Gasteiger partial charge on any atom is 0.238 e. The van der Waals surface area contributed by atoms with E-state index in [-0.39, 0.29) is 37.6 Å². The van der Waals surface area contributed by atoms with Gasteiger partial charge in [-0.3, -0.25) is 20.4 Å². The van der Waals surface area contributed by atoms with Crippen molar-refractivity contribution in [2.75, 3.05) is 6.61 Å². The van der Waals surface area contributed by atoms with Crippen molar-refractivity contribution in [1.82, 2.24) is 10.9 Å². The summed E-state index contributed by atoms with van der Waals surface area (Å²) in [5.74, 6) is -0.839. The number of aliphatic hydroxyl groups is 3. The third-order valence-corrected chi connectivity index (χ3v) is 4.18. The summed E-state index contributed by atoms with van der Waals surface area (Å²) in [7, 11) is 0. The number of carbonyl (C=O) groups is 3. The van der Waals surface area contributed by atoms with Gasteiger partial charge in [0.05, 0.1) is 6.10 Å². The average Bonchev–Trinajstić information content (AvgIpc) is 2.63. The van der Waals surface area contributed by atoms with Gasteiger partial charge in [0.2, 0.25) is 11.8 Å². The smallest absolute Gasteiger partial charge is 0.238 e. The molecule has 0 aromatic heterocycles. The van der Waals surface area contributed by atoms with E-state index in [1.165, 1.54) is 6.92 Å². The van der Waals surface area contributed by atoms with Crippen LogP contribution in [0.3, 0.4) is 0 Å². The number of nitrogens with one attached hydrogen (secondary N) is 2. The fourth-order valence-electron chi connectivity index (χ4n) is 2.47. The highest BCUT2D eigenvalue weighted by molar-refractivity contribution is 5.85. The summed E-state index contributed by atoms with van der Waals surface area (Å²) in [6.45, 7) is 3.23. The lowest BCUT2D eigenvalue weighted by Gasteiger charge is -2.38. The van der Waals surface area contributed by atoms with Crippen LogP contribution >= 0.6 is 0 Å². The molecule has 1 heterocycles. The lowest BCUT2D eigenvalue weighted by atomic mass is 10.0. The molecule has 2 amide bonds. The van der Waals surface area contributed by atoms with Crippen molar-refractivity contribution in [3.63, 3.8) is 0 Å². The number of rotatable bonds is 10. The molecule has 10 heteroatoms. The molecule has 1 fully saturated rings. The van der Waals surface area contributed by atoms with Gasteiger partial charge < -0.3 is 29.6 Å². The highest BCUT2D eigenvalue weighted by Crippen LogP contribution is 2.21. The molecule has 0 bridgehead atoms. The summed E-state index contributed by atoms with van der Waals surface area (Å²) in [6, 6.07) is 0. The molecule has 1 saturated heterocycles. The molecule has 0 radical (unpaired) electrons.